The molecule has 194 valence electrons. The third-order valence-corrected chi connectivity index (χ3v) is 7.34. The molecule has 8 heteroatoms. The molecule has 1 fully saturated rings. The zero-order valence-corrected chi connectivity index (χ0v) is 22.5. The molecule has 3 heterocycles. The van der Waals surface area contributed by atoms with Crippen molar-refractivity contribution in [3.63, 3.8) is 0 Å². The molecule has 2 atom stereocenters. The highest BCUT2D eigenvalue weighted by atomic mass is 35.5. The summed E-state index contributed by atoms with van der Waals surface area (Å²) in [5.74, 6) is 1.04. The lowest BCUT2D eigenvalue weighted by atomic mass is 10.0. The lowest BCUT2D eigenvalue weighted by Gasteiger charge is -2.29. The van der Waals surface area contributed by atoms with Crippen LogP contribution in [-0.4, -0.2) is 14.7 Å². The molecule has 1 aliphatic rings. The molecule has 0 radical (unpaired) electrons. The second kappa shape index (κ2) is 10.5. The van der Waals surface area contributed by atoms with Crippen LogP contribution in [-0.2, 0) is 0 Å². The molecule has 1 aliphatic heterocycles. The van der Waals surface area contributed by atoms with E-state index in [1.54, 1.807) is 18.3 Å². The van der Waals surface area contributed by atoms with Gasteiger partial charge in [-0.15, -0.1) is 0 Å². The number of nitrogens with zero attached hydrogens (tertiary/aromatic N) is 3. The fourth-order valence-electron chi connectivity index (χ4n) is 4.86. The smallest absolute Gasteiger partial charge is 0.174 e. The van der Waals surface area contributed by atoms with Crippen LogP contribution in [0.4, 0.5) is 10.1 Å². The van der Waals surface area contributed by atoms with Gasteiger partial charge >= 0.3 is 0 Å². The first-order valence-corrected chi connectivity index (χ1v) is 13.2. The number of aryl methyl sites for hydroxylation is 1. The van der Waals surface area contributed by atoms with Crippen LogP contribution in [0.2, 0.25) is 5.02 Å². The third kappa shape index (κ3) is 4.99. The quantitative estimate of drug-likeness (QED) is 0.216. The Labute approximate surface area is 236 Å². The van der Waals surface area contributed by atoms with E-state index in [-0.39, 0.29) is 17.1 Å². The fourth-order valence-corrected chi connectivity index (χ4v) is 5.38. The van der Waals surface area contributed by atoms with Crippen molar-refractivity contribution < 1.29 is 9.13 Å². The first kappa shape index (κ1) is 25.1. The lowest BCUT2D eigenvalue weighted by molar-refractivity contribution is 0.482. The van der Waals surface area contributed by atoms with Crippen molar-refractivity contribution in [1.82, 2.24) is 14.9 Å². The molecule has 0 amide bonds. The van der Waals surface area contributed by atoms with Crippen molar-refractivity contribution in [3.8, 4) is 17.2 Å². The highest BCUT2D eigenvalue weighted by molar-refractivity contribution is 7.80. The van der Waals surface area contributed by atoms with Gasteiger partial charge in [0.05, 0.1) is 16.8 Å². The minimum absolute atomic E-state index is 0.0644. The highest BCUT2D eigenvalue weighted by Crippen LogP contribution is 2.43. The Morgan fingerprint density at radius 2 is 1.62 bits per heavy atom. The van der Waals surface area contributed by atoms with E-state index in [0.29, 0.717) is 5.11 Å². The Hall–Kier alpha value is -4.20. The summed E-state index contributed by atoms with van der Waals surface area (Å²) in [7, 11) is 0. The maximum Gasteiger partial charge on any atom is 0.174 e. The van der Waals surface area contributed by atoms with Crippen molar-refractivity contribution in [2.24, 2.45) is 0 Å². The molecule has 6 rings (SSSR count). The molecule has 0 aliphatic carbocycles. The topological polar surface area (TPSA) is 42.3 Å². The van der Waals surface area contributed by atoms with Gasteiger partial charge in [-0.25, -0.2) is 4.39 Å². The highest BCUT2D eigenvalue weighted by Gasteiger charge is 2.42. The molecule has 0 spiro atoms. The summed E-state index contributed by atoms with van der Waals surface area (Å²) < 4.78 is 22.0. The van der Waals surface area contributed by atoms with Crippen molar-refractivity contribution in [2.45, 2.75) is 19.0 Å². The SMILES string of the molecule is Cc1ccc(Oc2ccc(N3C(=S)N[C@H](c4ccccn4)[C@@H]3c3cccn3-c3ccc(F)c(Cl)c3)cc2)cc1. The van der Waals surface area contributed by atoms with Crippen LogP contribution in [0, 0.1) is 12.7 Å². The monoisotopic (exact) mass is 554 g/mol. The average molecular weight is 555 g/mol. The molecular formula is C31H24ClFN4OS. The number of nitrogens with one attached hydrogen (secondary N) is 1. The van der Waals surface area contributed by atoms with E-state index in [2.05, 4.69) is 15.2 Å². The van der Waals surface area contributed by atoms with Crippen LogP contribution in [0.1, 0.15) is 29.0 Å². The number of rotatable bonds is 6. The minimum atomic E-state index is -0.459. The summed E-state index contributed by atoms with van der Waals surface area (Å²) in [6.45, 7) is 2.04. The number of anilines is 1. The van der Waals surface area contributed by atoms with Gasteiger partial charge in [0.15, 0.2) is 5.11 Å². The van der Waals surface area contributed by atoms with Crippen molar-refractivity contribution >= 4 is 34.6 Å². The molecule has 2 aromatic heterocycles. The van der Waals surface area contributed by atoms with Gasteiger partial charge in [0.25, 0.3) is 0 Å². The van der Waals surface area contributed by atoms with Crippen LogP contribution < -0.4 is 15.0 Å². The van der Waals surface area contributed by atoms with Gasteiger partial charge in [-0.1, -0.05) is 35.4 Å². The van der Waals surface area contributed by atoms with Crippen molar-refractivity contribution in [3.05, 3.63) is 137 Å². The normalized spacial score (nSPS) is 16.8. The number of pyridine rings is 1. The molecule has 0 unspecified atom stereocenters. The molecule has 39 heavy (non-hydrogen) atoms. The Bertz CT molecular complexity index is 1620. The standard InChI is InChI=1S/C31H24ClFN4OS/c1-20-7-12-23(13-8-20)38-24-14-9-21(10-15-24)37-30(29(35-31(37)39)27-5-2-3-17-34-27)28-6-4-18-36(28)22-11-16-26(33)25(32)19-22/h2-19,29-30H,1H3,(H,35,39)/t29-,30+/m1/s1. The van der Waals surface area contributed by atoms with Crippen LogP contribution in [0.15, 0.2) is 109 Å². The first-order chi connectivity index (χ1) is 19.0. The van der Waals surface area contributed by atoms with Crippen LogP contribution >= 0.6 is 23.8 Å². The van der Waals surface area contributed by atoms with Crippen LogP contribution in [0.5, 0.6) is 11.5 Å². The summed E-state index contributed by atoms with van der Waals surface area (Å²) in [6.07, 6.45) is 3.71. The summed E-state index contributed by atoms with van der Waals surface area (Å²) in [4.78, 5) is 6.71. The van der Waals surface area contributed by atoms with Crippen LogP contribution in [0.25, 0.3) is 5.69 Å². The zero-order chi connectivity index (χ0) is 26.9. The molecule has 0 saturated carbocycles. The largest absolute Gasteiger partial charge is 0.457 e. The Morgan fingerprint density at radius 1 is 0.897 bits per heavy atom. The molecule has 5 aromatic rings. The Morgan fingerprint density at radius 3 is 2.31 bits per heavy atom. The average Bonchev–Trinajstić information content (AvgIpc) is 3.57. The lowest BCUT2D eigenvalue weighted by Crippen LogP contribution is -2.30. The number of halogens is 2. The number of thiocarbonyl (C=S) groups is 1. The summed E-state index contributed by atoms with van der Waals surface area (Å²) in [5, 5.41) is 4.12. The van der Waals surface area contributed by atoms with Gasteiger partial charge in [-0.3, -0.25) is 4.98 Å². The summed E-state index contributed by atoms with van der Waals surface area (Å²) in [6, 6.07) is 29.8. The fraction of sp³-hybridized carbons (Fsp3) is 0.0968. The predicted octanol–water partition coefficient (Wildman–Crippen LogP) is 7.94. The summed E-state index contributed by atoms with van der Waals surface area (Å²) >= 11 is 12.0. The van der Waals surface area contributed by atoms with Gasteiger partial charge in [0.1, 0.15) is 23.4 Å². The van der Waals surface area contributed by atoms with E-state index >= 15 is 0 Å². The van der Waals surface area contributed by atoms with Crippen molar-refractivity contribution in [1.29, 1.82) is 0 Å². The molecule has 0 bridgehead atoms. The van der Waals surface area contributed by atoms with E-state index < -0.39 is 5.82 Å². The van der Waals surface area contributed by atoms with E-state index in [4.69, 9.17) is 28.6 Å². The number of benzene rings is 3. The number of ether oxygens (including phenoxy) is 1. The van der Waals surface area contributed by atoms with Gasteiger partial charge in [-0.05, 0) is 98.0 Å². The zero-order valence-electron chi connectivity index (χ0n) is 21.0. The molecule has 5 nitrogen and oxygen atoms in total. The predicted molar refractivity (Wildman–Crippen MR) is 156 cm³/mol. The van der Waals surface area contributed by atoms with Gasteiger partial charge in [0.2, 0.25) is 0 Å². The van der Waals surface area contributed by atoms with Crippen LogP contribution in [0.3, 0.4) is 0 Å². The maximum atomic E-state index is 14.0. The van der Waals surface area contributed by atoms with E-state index in [1.165, 1.54) is 11.6 Å². The molecule has 3 aromatic carbocycles. The Balaban J connectivity index is 1.39. The van der Waals surface area contributed by atoms with Gasteiger partial charge in [-0.2, -0.15) is 0 Å². The maximum absolute atomic E-state index is 14.0. The second-order valence-corrected chi connectivity index (χ2v) is 10.1. The number of hydrogen-bond donors (Lipinski definition) is 1. The first-order valence-electron chi connectivity index (χ1n) is 12.5. The van der Waals surface area contributed by atoms with E-state index in [1.807, 2.05) is 96.6 Å². The third-order valence-electron chi connectivity index (χ3n) is 6.73. The Kier molecular flexibility index (Phi) is 6.77. The number of aromatic nitrogens is 2. The van der Waals surface area contributed by atoms with E-state index in [9.17, 15) is 4.39 Å². The van der Waals surface area contributed by atoms with E-state index in [0.717, 1.165) is 34.3 Å². The minimum Gasteiger partial charge on any atom is -0.457 e. The van der Waals surface area contributed by atoms with Gasteiger partial charge in [0, 0.05) is 29.5 Å². The van der Waals surface area contributed by atoms with Gasteiger partial charge < -0.3 is 19.5 Å². The summed E-state index contributed by atoms with van der Waals surface area (Å²) in [5.41, 5.74) is 4.63. The van der Waals surface area contributed by atoms with Crippen molar-refractivity contribution in [2.75, 3.05) is 4.90 Å². The second-order valence-electron chi connectivity index (χ2n) is 9.31. The number of hydrogen-bond acceptors (Lipinski definition) is 3. The molecular weight excluding hydrogens is 531 g/mol. The molecule has 1 saturated heterocycles. The molecule has 1 N–H and O–H groups in total.